The Morgan fingerprint density at radius 1 is 1.00 bits per heavy atom. The van der Waals surface area contributed by atoms with Gasteiger partial charge in [-0.1, -0.05) is 61.5 Å². The van der Waals surface area contributed by atoms with E-state index in [0.29, 0.717) is 18.6 Å². The maximum Gasteiger partial charge on any atom is 0.416 e. The first kappa shape index (κ1) is 25.6. The lowest BCUT2D eigenvalue weighted by Crippen LogP contribution is -2.05. The Morgan fingerprint density at radius 3 is 2.06 bits per heavy atom. The topological polar surface area (TPSA) is 17.1 Å². The van der Waals surface area contributed by atoms with Crippen molar-refractivity contribution < 1.29 is 19.4 Å². The average Bonchev–Trinajstić information content (AvgIpc) is 3.07. The predicted octanol–water partition coefficient (Wildman–Crippen LogP) is 8.64. The SMILES string of the molecule is C=CCc1ccc(C(F)(F)F)cc1.CCc1ccc(C(=O)CCC2CCC=CCC2)cc1.[HH]. The molecule has 0 amide bonds. The largest absolute Gasteiger partial charge is 0.416 e. The number of hydrogen-bond acceptors (Lipinski definition) is 1. The zero-order chi connectivity index (χ0) is 23.4. The molecule has 0 aromatic heterocycles. The highest BCUT2D eigenvalue weighted by Crippen LogP contribution is 2.29. The summed E-state index contributed by atoms with van der Waals surface area (Å²) >= 11 is 0. The van der Waals surface area contributed by atoms with Crippen molar-refractivity contribution in [2.24, 2.45) is 5.92 Å². The Morgan fingerprint density at radius 2 is 1.56 bits per heavy atom. The number of halogens is 3. The number of allylic oxidation sites excluding steroid dienone is 3. The van der Waals surface area contributed by atoms with Crippen molar-refractivity contribution >= 4 is 5.78 Å². The summed E-state index contributed by atoms with van der Waals surface area (Å²) < 4.78 is 36.3. The number of carbonyl (C=O) groups is 1. The molecule has 2 aromatic carbocycles. The lowest BCUT2D eigenvalue weighted by atomic mass is 9.92. The monoisotopic (exact) mass is 444 g/mol. The Balaban J connectivity index is 0.000000343. The van der Waals surface area contributed by atoms with E-state index in [4.69, 9.17) is 0 Å². The Kier molecular flexibility index (Phi) is 10.5. The maximum absolute atomic E-state index is 12.2. The summed E-state index contributed by atoms with van der Waals surface area (Å²) in [4.78, 5) is 12.2. The molecule has 1 aliphatic carbocycles. The molecule has 0 heterocycles. The molecule has 1 nitrogen and oxygen atoms in total. The molecule has 174 valence electrons. The second-order valence-corrected chi connectivity index (χ2v) is 8.19. The second kappa shape index (κ2) is 13.0. The highest BCUT2D eigenvalue weighted by Gasteiger charge is 2.29. The summed E-state index contributed by atoms with van der Waals surface area (Å²) in [5.41, 5.74) is 2.40. The molecule has 0 N–H and O–H groups in total. The summed E-state index contributed by atoms with van der Waals surface area (Å²) in [5, 5.41) is 0. The quantitative estimate of drug-likeness (QED) is 0.308. The van der Waals surface area contributed by atoms with E-state index < -0.39 is 11.7 Å². The van der Waals surface area contributed by atoms with E-state index >= 15 is 0 Å². The van der Waals surface area contributed by atoms with Gasteiger partial charge in [0.2, 0.25) is 0 Å². The van der Waals surface area contributed by atoms with Gasteiger partial charge in [-0.05, 0) is 74.1 Å². The van der Waals surface area contributed by atoms with Gasteiger partial charge >= 0.3 is 6.18 Å². The third-order valence-corrected chi connectivity index (χ3v) is 5.77. The molecule has 32 heavy (non-hydrogen) atoms. The minimum atomic E-state index is -4.24. The average molecular weight is 445 g/mol. The second-order valence-electron chi connectivity index (χ2n) is 8.19. The van der Waals surface area contributed by atoms with Crippen molar-refractivity contribution in [3.05, 3.63) is 95.6 Å². The molecule has 0 bridgehead atoms. The van der Waals surface area contributed by atoms with Gasteiger partial charge in [0.15, 0.2) is 5.78 Å². The van der Waals surface area contributed by atoms with E-state index in [1.165, 1.54) is 43.4 Å². The van der Waals surface area contributed by atoms with Gasteiger partial charge in [0.25, 0.3) is 0 Å². The number of alkyl halides is 3. The van der Waals surface area contributed by atoms with Crippen molar-refractivity contribution in [1.82, 2.24) is 0 Å². The maximum atomic E-state index is 12.2. The van der Waals surface area contributed by atoms with Gasteiger partial charge in [0.05, 0.1) is 5.56 Å². The summed E-state index contributed by atoms with van der Waals surface area (Å²) in [7, 11) is 0. The van der Waals surface area contributed by atoms with Crippen LogP contribution in [0.15, 0.2) is 73.3 Å². The molecular formula is C28H35F3O. The van der Waals surface area contributed by atoms with E-state index in [9.17, 15) is 18.0 Å². The molecule has 0 saturated heterocycles. The van der Waals surface area contributed by atoms with E-state index in [1.807, 2.05) is 12.1 Å². The molecule has 1 aliphatic rings. The van der Waals surface area contributed by atoms with Gasteiger partial charge in [-0.3, -0.25) is 4.79 Å². The van der Waals surface area contributed by atoms with Gasteiger partial charge in [0.1, 0.15) is 0 Å². The molecular weight excluding hydrogens is 409 g/mol. The first-order chi connectivity index (χ1) is 15.3. The standard InChI is InChI=1S/C18H24O.C10H9F3.H2/c1-2-15-9-12-17(13-10-15)18(19)14-11-16-7-5-3-4-6-8-16;1-2-3-8-4-6-9(7-5-8)10(11,12)13;/h3-4,9-10,12-13,16H,2,5-8,11,14H2,1H3;2,4-7H,1,3H2;1H. The van der Waals surface area contributed by atoms with Crippen LogP contribution in [0.25, 0.3) is 0 Å². The Hall–Kier alpha value is -2.62. The van der Waals surface area contributed by atoms with Crippen LogP contribution in [0.3, 0.4) is 0 Å². The molecule has 0 atom stereocenters. The van der Waals surface area contributed by atoms with Crippen molar-refractivity contribution in [1.29, 1.82) is 0 Å². The van der Waals surface area contributed by atoms with Crippen molar-refractivity contribution in [2.45, 2.75) is 64.5 Å². The Labute approximate surface area is 191 Å². The van der Waals surface area contributed by atoms with Crippen LogP contribution in [0, 0.1) is 5.92 Å². The van der Waals surface area contributed by atoms with Crippen LogP contribution < -0.4 is 0 Å². The van der Waals surface area contributed by atoms with E-state index in [2.05, 4.69) is 37.8 Å². The zero-order valence-corrected chi connectivity index (χ0v) is 18.8. The van der Waals surface area contributed by atoms with Crippen LogP contribution in [0.1, 0.15) is 73.9 Å². The fraction of sp³-hybridized carbons (Fsp3) is 0.393. The highest BCUT2D eigenvalue weighted by atomic mass is 19.4. The number of carbonyl (C=O) groups excluding carboxylic acids is 1. The van der Waals surface area contributed by atoms with Gasteiger partial charge < -0.3 is 0 Å². The van der Waals surface area contributed by atoms with Crippen LogP contribution in [0.2, 0.25) is 0 Å². The van der Waals surface area contributed by atoms with Crippen LogP contribution in [-0.2, 0) is 19.0 Å². The molecule has 4 heteroatoms. The van der Waals surface area contributed by atoms with Gasteiger partial charge in [-0.25, -0.2) is 0 Å². The molecule has 0 unspecified atom stereocenters. The fourth-order valence-corrected chi connectivity index (χ4v) is 3.73. The zero-order valence-electron chi connectivity index (χ0n) is 18.8. The van der Waals surface area contributed by atoms with Crippen LogP contribution in [-0.4, -0.2) is 5.78 Å². The van der Waals surface area contributed by atoms with Crippen molar-refractivity contribution in [3.8, 4) is 0 Å². The predicted molar refractivity (Wildman–Crippen MR) is 128 cm³/mol. The van der Waals surface area contributed by atoms with E-state index in [-0.39, 0.29) is 1.43 Å². The molecule has 0 fully saturated rings. The van der Waals surface area contributed by atoms with E-state index in [1.54, 1.807) is 6.08 Å². The lowest BCUT2D eigenvalue weighted by molar-refractivity contribution is -0.137. The third-order valence-electron chi connectivity index (χ3n) is 5.77. The number of aryl methyl sites for hydroxylation is 1. The van der Waals surface area contributed by atoms with Gasteiger partial charge in [0, 0.05) is 13.4 Å². The van der Waals surface area contributed by atoms with Gasteiger partial charge in [-0.2, -0.15) is 13.2 Å². The summed E-state index contributed by atoms with van der Waals surface area (Å²) in [6, 6.07) is 13.2. The normalized spacial score (nSPS) is 14.2. The third kappa shape index (κ3) is 8.86. The first-order valence-corrected chi connectivity index (χ1v) is 11.4. The highest BCUT2D eigenvalue weighted by molar-refractivity contribution is 5.96. The number of rotatable bonds is 7. The lowest BCUT2D eigenvalue weighted by Gasteiger charge is -2.13. The summed E-state index contributed by atoms with van der Waals surface area (Å²) in [6.07, 6.45) is 10.2. The van der Waals surface area contributed by atoms with E-state index in [0.717, 1.165) is 42.0 Å². The number of benzene rings is 2. The Bertz CT molecular complexity index is 858. The van der Waals surface area contributed by atoms with Gasteiger partial charge in [-0.15, -0.1) is 6.58 Å². The number of Topliss-reactive ketones (excluding diaryl/α,β-unsaturated/α-hetero) is 1. The van der Waals surface area contributed by atoms with Crippen molar-refractivity contribution in [2.75, 3.05) is 0 Å². The summed E-state index contributed by atoms with van der Waals surface area (Å²) in [6.45, 7) is 5.64. The number of hydrogen-bond donors (Lipinski definition) is 0. The molecule has 0 saturated carbocycles. The minimum Gasteiger partial charge on any atom is -0.294 e. The smallest absolute Gasteiger partial charge is 0.294 e. The molecule has 0 spiro atoms. The number of ketones is 1. The molecule has 2 aromatic rings. The van der Waals surface area contributed by atoms with Crippen molar-refractivity contribution in [3.63, 3.8) is 0 Å². The molecule has 0 aliphatic heterocycles. The van der Waals surface area contributed by atoms with Crippen LogP contribution in [0.5, 0.6) is 0 Å². The minimum absolute atomic E-state index is 0. The fourth-order valence-electron chi connectivity index (χ4n) is 3.73. The van der Waals surface area contributed by atoms with Crippen LogP contribution >= 0.6 is 0 Å². The first-order valence-electron chi connectivity index (χ1n) is 11.4. The molecule has 0 radical (unpaired) electrons. The summed E-state index contributed by atoms with van der Waals surface area (Å²) in [5.74, 6) is 1.04. The molecule has 3 rings (SSSR count). The van der Waals surface area contributed by atoms with Crippen LogP contribution in [0.4, 0.5) is 13.2 Å².